The minimum absolute atomic E-state index is 0.110. The summed E-state index contributed by atoms with van der Waals surface area (Å²) in [7, 11) is 0. The third-order valence-electron chi connectivity index (χ3n) is 3.67. The van der Waals surface area contributed by atoms with Gasteiger partial charge >= 0.3 is 0 Å². The molecule has 0 bridgehead atoms. The molecule has 4 nitrogen and oxygen atoms in total. The zero-order valence-corrected chi connectivity index (χ0v) is 11.9. The van der Waals surface area contributed by atoms with Gasteiger partial charge in [0.25, 0.3) is 0 Å². The number of rotatable bonds is 4. The predicted molar refractivity (Wildman–Crippen MR) is 83.5 cm³/mol. The Hall–Kier alpha value is -2.72. The van der Waals surface area contributed by atoms with Crippen LogP contribution in [0.4, 0.5) is 0 Å². The van der Waals surface area contributed by atoms with Crippen molar-refractivity contribution in [2.24, 2.45) is 0 Å². The maximum Gasteiger partial charge on any atom is 0.234 e. The molecule has 4 heteroatoms. The Morgan fingerprint density at radius 1 is 0.773 bits per heavy atom. The van der Waals surface area contributed by atoms with Crippen LogP contribution in [0, 0.1) is 0 Å². The fourth-order valence-electron chi connectivity index (χ4n) is 2.51. The average molecular weight is 293 g/mol. The molecular formula is C18H15NO3. The first kappa shape index (κ1) is 14.2. The summed E-state index contributed by atoms with van der Waals surface area (Å²) in [5.41, 5.74) is 1.87. The lowest BCUT2D eigenvalue weighted by atomic mass is 9.88. The van der Waals surface area contributed by atoms with Crippen LogP contribution in [0.25, 0.3) is 5.76 Å². The average Bonchev–Trinajstić information content (AvgIpc) is 2.57. The Morgan fingerprint density at radius 2 is 1.41 bits per heavy atom. The summed E-state index contributed by atoms with van der Waals surface area (Å²) in [6.07, 6.45) is 0. The smallest absolute Gasteiger partial charge is 0.234 e. The van der Waals surface area contributed by atoms with Crippen molar-refractivity contribution < 1.29 is 14.7 Å². The highest BCUT2D eigenvalue weighted by Crippen LogP contribution is 2.27. The second-order valence-electron chi connectivity index (χ2n) is 5.12. The van der Waals surface area contributed by atoms with Gasteiger partial charge in [-0.2, -0.15) is 0 Å². The normalized spacial score (nSPS) is 14.2. The molecule has 110 valence electrons. The molecule has 22 heavy (non-hydrogen) atoms. The molecule has 0 atom stereocenters. The Bertz CT molecular complexity index is 763. The van der Waals surface area contributed by atoms with E-state index in [-0.39, 0.29) is 23.4 Å². The highest BCUT2D eigenvalue weighted by atomic mass is 16.3. The standard InChI is InChI=1S/C18H15NO3/c20-16-13-8-4-5-9-14(13)17(21)18(22)15(16)11-19-10-12-6-2-1-3-7-12/h1-9,19-20H,10-11H2. The molecule has 2 N–H and O–H groups in total. The number of fused-ring (bicyclic) bond motifs is 1. The van der Waals surface area contributed by atoms with Gasteiger partial charge in [0.05, 0.1) is 5.57 Å². The number of carbonyl (C=O) groups excluding carboxylic acids is 2. The van der Waals surface area contributed by atoms with Crippen LogP contribution in [0.1, 0.15) is 21.5 Å². The fraction of sp³-hybridized carbons (Fsp3) is 0.111. The predicted octanol–water partition coefficient (Wildman–Crippen LogP) is 2.51. The van der Waals surface area contributed by atoms with E-state index in [0.29, 0.717) is 12.1 Å². The highest BCUT2D eigenvalue weighted by Gasteiger charge is 2.31. The zero-order chi connectivity index (χ0) is 15.5. The summed E-state index contributed by atoms with van der Waals surface area (Å²) < 4.78 is 0. The van der Waals surface area contributed by atoms with E-state index in [1.54, 1.807) is 24.3 Å². The molecule has 0 heterocycles. The van der Waals surface area contributed by atoms with Crippen molar-refractivity contribution >= 4 is 17.3 Å². The minimum atomic E-state index is -0.642. The molecule has 1 aliphatic carbocycles. The molecule has 0 spiro atoms. The molecular weight excluding hydrogens is 278 g/mol. The number of carbonyl (C=O) groups is 2. The van der Waals surface area contributed by atoms with Gasteiger partial charge in [-0.05, 0) is 5.56 Å². The van der Waals surface area contributed by atoms with Gasteiger partial charge in [0.1, 0.15) is 5.76 Å². The molecule has 1 aliphatic rings. The second kappa shape index (κ2) is 5.95. The van der Waals surface area contributed by atoms with Crippen LogP contribution in [0.2, 0.25) is 0 Å². The molecule has 0 saturated heterocycles. The third kappa shape index (κ3) is 2.56. The van der Waals surface area contributed by atoms with Crippen LogP contribution in [0.5, 0.6) is 0 Å². The molecule has 0 saturated carbocycles. The quantitative estimate of drug-likeness (QED) is 0.850. The lowest BCUT2D eigenvalue weighted by Gasteiger charge is -2.18. The summed E-state index contributed by atoms with van der Waals surface area (Å²) >= 11 is 0. The SMILES string of the molecule is O=C1C(=O)c2ccccc2C(O)=C1CNCc1ccccc1. The molecule has 0 fully saturated rings. The van der Waals surface area contributed by atoms with Crippen molar-refractivity contribution in [3.63, 3.8) is 0 Å². The maximum absolute atomic E-state index is 12.1. The molecule has 3 rings (SSSR count). The summed E-state index contributed by atoms with van der Waals surface area (Å²) in [5.74, 6) is -1.32. The van der Waals surface area contributed by atoms with E-state index in [1.165, 1.54) is 0 Å². The Labute approximate surface area is 128 Å². The number of benzene rings is 2. The first-order chi connectivity index (χ1) is 10.7. The van der Waals surface area contributed by atoms with E-state index in [1.807, 2.05) is 30.3 Å². The van der Waals surface area contributed by atoms with E-state index >= 15 is 0 Å². The van der Waals surface area contributed by atoms with Gasteiger partial charge in [0.2, 0.25) is 11.6 Å². The van der Waals surface area contributed by atoms with Gasteiger partial charge in [-0.25, -0.2) is 0 Å². The van der Waals surface area contributed by atoms with Gasteiger partial charge in [0.15, 0.2) is 0 Å². The number of aliphatic hydroxyl groups excluding tert-OH is 1. The first-order valence-corrected chi connectivity index (χ1v) is 7.03. The van der Waals surface area contributed by atoms with Crippen LogP contribution in [-0.2, 0) is 11.3 Å². The van der Waals surface area contributed by atoms with Crippen LogP contribution >= 0.6 is 0 Å². The van der Waals surface area contributed by atoms with Gasteiger partial charge < -0.3 is 10.4 Å². The van der Waals surface area contributed by atoms with Crippen LogP contribution in [-0.4, -0.2) is 23.2 Å². The second-order valence-corrected chi connectivity index (χ2v) is 5.12. The molecule has 0 unspecified atom stereocenters. The zero-order valence-electron chi connectivity index (χ0n) is 11.9. The maximum atomic E-state index is 12.1. The molecule has 0 radical (unpaired) electrons. The summed E-state index contributed by atoms with van der Waals surface area (Å²) in [4.78, 5) is 24.2. The number of aliphatic hydroxyl groups is 1. The number of Topliss-reactive ketones (excluding diaryl/α,β-unsaturated/α-hetero) is 2. The third-order valence-corrected chi connectivity index (χ3v) is 3.67. The van der Waals surface area contributed by atoms with Crippen molar-refractivity contribution in [3.05, 3.63) is 76.9 Å². The molecule has 0 aliphatic heterocycles. The largest absolute Gasteiger partial charge is 0.507 e. The van der Waals surface area contributed by atoms with Crippen molar-refractivity contribution in [2.45, 2.75) is 6.54 Å². The Morgan fingerprint density at radius 3 is 2.14 bits per heavy atom. The van der Waals surface area contributed by atoms with Gasteiger partial charge in [-0.1, -0.05) is 54.6 Å². The van der Waals surface area contributed by atoms with Crippen LogP contribution in [0.3, 0.4) is 0 Å². The van der Waals surface area contributed by atoms with Crippen LogP contribution in [0.15, 0.2) is 60.2 Å². The van der Waals surface area contributed by atoms with Crippen LogP contribution < -0.4 is 5.32 Å². The molecule has 2 aromatic rings. The first-order valence-electron chi connectivity index (χ1n) is 7.03. The summed E-state index contributed by atoms with van der Waals surface area (Å²) in [6.45, 7) is 0.709. The summed E-state index contributed by atoms with van der Waals surface area (Å²) in [6, 6.07) is 16.3. The fourth-order valence-corrected chi connectivity index (χ4v) is 2.51. The van der Waals surface area contributed by atoms with E-state index in [4.69, 9.17) is 0 Å². The van der Waals surface area contributed by atoms with E-state index in [0.717, 1.165) is 5.56 Å². The number of hydrogen-bond acceptors (Lipinski definition) is 4. The lowest BCUT2D eigenvalue weighted by molar-refractivity contribution is -0.112. The Kier molecular flexibility index (Phi) is 3.85. The topological polar surface area (TPSA) is 66.4 Å². The number of nitrogens with one attached hydrogen (secondary N) is 1. The number of ketones is 2. The van der Waals surface area contributed by atoms with Gasteiger partial charge in [-0.15, -0.1) is 0 Å². The van der Waals surface area contributed by atoms with Crippen molar-refractivity contribution in [1.29, 1.82) is 0 Å². The van der Waals surface area contributed by atoms with Crippen molar-refractivity contribution in [2.75, 3.05) is 6.54 Å². The van der Waals surface area contributed by atoms with Crippen molar-refractivity contribution in [1.82, 2.24) is 5.32 Å². The van der Waals surface area contributed by atoms with Crippen molar-refractivity contribution in [3.8, 4) is 0 Å². The summed E-state index contributed by atoms with van der Waals surface area (Å²) in [5, 5.41) is 13.4. The van der Waals surface area contributed by atoms with E-state index in [2.05, 4.69) is 5.32 Å². The Balaban J connectivity index is 1.81. The monoisotopic (exact) mass is 293 g/mol. The minimum Gasteiger partial charge on any atom is -0.507 e. The molecule has 0 aromatic heterocycles. The van der Waals surface area contributed by atoms with Gasteiger partial charge in [0, 0.05) is 24.2 Å². The lowest BCUT2D eigenvalue weighted by Crippen LogP contribution is -2.30. The molecule has 2 aromatic carbocycles. The van der Waals surface area contributed by atoms with E-state index < -0.39 is 11.6 Å². The van der Waals surface area contributed by atoms with Gasteiger partial charge in [-0.3, -0.25) is 9.59 Å². The highest BCUT2D eigenvalue weighted by molar-refractivity contribution is 6.52. The molecule has 0 amide bonds. The van der Waals surface area contributed by atoms with E-state index in [9.17, 15) is 14.7 Å². The number of hydrogen-bond donors (Lipinski definition) is 2.